The van der Waals surface area contributed by atoms with Gasteiger partial charge in [-0.2, -0.15) is 5.10 Å². The third-order valence-corrected chi connectivity index (χ3v) is 3.60. The largest absolute Gasteiger partial charge is 0.493 e. The van der Waals surface area contributed by atoms with Crippen LogP contribution in [0, 0.1) is 0 Å². The number of halogens is 1. The number of nitrogens with zero attached hydrogens (tertiary/aromatic N) is 2. The fourth-order valence-electron chi connectivity index (χ4n) is 1.99. The fraction of sp³-hybridized carbons (Fsp3) is 0.400. The highest BCUT2D eigenvalue weighted by molar-refractivity contribution is 9.10. The number of hydrogen-bond donors (Lipinski definition) is 1. The smallest absolute Gasteiger partial charge is 0.175 e. The quantitative estimate of drug-likeness (QED) is 0.831. The number of benzene rings is 1. The molecule has 1 heterocycles. The highest BCUT2D eigenvalue weighted by atomic mass is 79.9. The zero-order chi connectivity index (χ0) is 15.2. The van der Waals surface area contributed by atoms with Crippen molar-refractivity contribution in [1.29, 1.82) is 0 Å². The molecule has 21 heavy (non-hydrogen) atoms. The molecule has 0 aliphatic carbocycles. The Kier molecular flexibility index (Phi) is 5.64. The summed E-state index contributed by atoms with van der Waals surface area (Å²) in [4.78, 5) is 0. The summed E-state index contributed by atoms with van der Waals surface area (Å²) in [7, 11) is 3.53. The van der Waals surface area contributed by atoms with Crippen LogP contribution >= 0.6 is 15.9 Å². The van der Waals surface area contributed by atoms with Crippen LogP contribution in [0.4, 0.5) is 0 Å². The number of hydrogen-bond acceptors (Lipinski definition) is 4. The second-order valence-corrected chi connectivity index (χ2v) is 5.55. The second-order valence-electron chi connectivity index (χ2n) is 4.70. The van der Waals surface area contributed by atoms with E-state index in [0.29, 0.717) is 12.4 Å². The van der Waals surface area contributed by atoms with Crippen LogP contribution in [0.25, 0.3) is 0 Å². The van der Waals surface area contributed by atoms with E-state index in [2.05, 4.69) is 33.3 Å². The van der Waals surface area contributed by atoms with E-state index in [0.717, 1.165) is 34.4 Å². The van der Waals surface area contributed by atoms with Crippen molar-refractivity contribution in [3.63, 3.8) is 0 Å². The molecule has 114 valence electrons. The van der Waals surface area contributed by atoms with Crippen molar-refractivity contribution in [3.05, 3.63) is 40.1 Å². The van der Waals surface area contributed by atoms with E-state index in [9.17, 15) is 0 Å². The summed E-state index contributed by atoms with van der Waals surface area (Å²) in [5.41, 5.74) is 2.16. The molecule has 6 heteroatoms. The molecule has 1 N–H and O–H groups in total. The van der Waals surface area contributed by atoms with E-state index < -0.39 is 0 Å². The Hall–Kier alpha value is -1.53. The third-order valence-electron chi connectivity index (χ3n) is 3.01. The van der Waals surface area contributed by atoms with E-state index in [1.54, 1.807) is 18.0 Å². The minimum atomic E-state index is 0.454. The zero-order valence-electron chi connectivity index (χ0n) is 12.5. The summed E-state index contributed by atoms with van der Waals surface area (Å²) in [6, 6.07) is 4.04. The molecule has 0 radical (unpaired) electrons. The Morgan fingerprint density at radius 1 is 1.33 bits per heavy atom. The molecule has 0 unspecified atom stereocenters. The minimum absolute atomic E-state index is 0.454. The van der Waals surface area contributed by atoms with Crippen LogP contribution in [0.2, 0.25) is 0 Å². The van der Waals surface area contributed by atoms with Gasteiger partial charge >= 0.3 is 0 Å². The van der Waals surface area contributed by atoms with Gasteiger partial charge in [-0.05, 0) is 40.2 Å². The number of rotatable bonds is 7. The Morgan fingerprint density at radius 2 is 2.14 bits per heavy atom. The van der Waals surface area contributed by atoms with E-state index in [1.807, 2.05) is 25.4 Å². The zero-order valence-corrected chi connectivity index (χ0v) is 14.1. The van der Waals surface area contributed by atoms with Gasteiger partial charge in [-0.1, -0.05) is 6.92 Å². The molecule has 2 aromatic rings. The number of aromatic nitrogens is 2. The number of nitrogens with one attached hydrogen (secondary N) is 1. The molecule has 0 atom stereocenters. The van der Waals surface area contributed by atoms with Gasteiger partial charge in [0.2, 0.25) is 0 Å². The molecule has 1 aromatic carbocycles. The van der Waals surface area contributed by atoms with Crippen LogP contribution in [0.15, 0.2) is 29.0 Å². The molecule has 2 rings (SSSR count). The summed E-state index contributed by atoms with van der Waals surface area (Å²) in [5, 5.41) is 7.42. The van der Waals surface area contributed by atoms with Crippen LogP contribution in [0.5, 0.6) is 11.5 Å². The molecule has 0 saturated carbocycles. The van der Waals surface area contributed by atoms with Crippen molar-refractivity contribution in [2.24, 2.45) is 7.05 Å². The molecule has 0 bridgehead atoms. The van der Waals surface area contributed by atoms with Crippen LogP contribution < -0.4 is 14.8 Å². The first-order valence-electron chi connectivity index (χ1n) is 6.81. The predicted octanol–water partition coefficient (Wildman–Crippen LogP) is 2.88. The van der Waals surface area contributed by atoms with Crippen molar-refractivity contribution in [2.45, 2.75) is 20.1 Å². The summed E-state index contributed by atoms with van der Waals surface area (Å²) >= 11 is 3.56. The monoisotopic (exact) mass is 353 g/mol. The average Bonchev–Trinajstić information content (AvgIpc) is 2.89. The SMILES string of the molecule is CCNCc1cc(Br)c(OCc2cnn(C)c2)c(OC)c1. The first-order chi connectivity index (χ1) is 10.1. The standard InChI is InChI=1S/C15H20BrN3O2/c1-4-17-7-11-5-13(16)15(14(6-11)20-3)21-10-12-8-18-19(2)9-12/h5-6,8-9,17H,4,7,10H2,1-3H3. The van der Waals surface area contributed by atoms with Gasteiger partial charge in [-0.15, -0.1) is 0 Å². The summed E-state index contributed by atoms with van der Waals surface area (Å²) < 4.78 is 14.0. The summed E-state index contributed by atoms with van der Waals surface area (Å²) in [6.45, 7) is 4.26. The lowest BCUT2D eigenvalue weighted by Gasteiger charge is -2.14. The first-order valence-corrected chi connectivity index (χ1v) is 7.60. The molecule has 5 nitrogen and oxygen atoms in total. The molecular weight excluding hydrogens is 334 g/mol. The van der Waals surface area contributed by atoms with Gasteiger partial charge in [0, 0.05) is 25.4 Å². The molecule has 0 saturated heterocycles. The highest BCUT2D eigenvalue weighted by Gasteiger charge is 2.12. The second kappa shape index (κ2) is 7.47. The molecular formula is C15H20BrN3O2. The van der Waals surface area contributed by atoms with E-state index in [-0.39, 0.29) is 0 Å². The summed E-state index contributed by atoms with van der Waals surface area (Å²) in [5.74, 6) is 1.43. The topological polar surface area (TPSA) is 48.3 Å². The molecule has 0 fully saturated rings. The Labute approximate surface area is 133 Å². The average molecular weight is 354 g/mol. The van der Waals surface area contributed by atoms with Gasteiger partial charge in [0.1, 0.15) is 6.61 Å². The van der Waals surface area contributed by atoms with Crippen LogP contribution in [-0.2, 0) is 20.2 Å². The van der Waals surface area contributed by atoms with Crippen molar-refractivity contribution in [2.75, 3.05) is 13.7 Å². The van der Waals surface area contributed by atoms with Crippen LogP contribution in [-0.4, -0.2) is 23.4 Å². The fourth-order valence-corrected chi connectivity index (χ4v) is 2.59. The van der Waals surface area contributed by atoms with E-state index in [1.165, 1.54) is 0 Å². The van der Waals surface area contributed by atoms with Crippen molar-refractivity contribution < 1.29 is 9.47 Å². The van der Waals surface area contributed by atoms with Crippen molar-refractivity contribution >= 4 is 15.9 Å². The first kappa shape index (κ1) is 15.9. The maximum absolute atomic E-state index is 5.87. The summed E-state index contributed by atoms with van der Waals surface area (Å²) in [6.07, 6.45) is 3.72. The van der Waals surface area contributed by atoms with Crippen LogP contribution in [0.1, 0.15) is 18.1 Å². The molecule has 0 aliphatic rings. The number of aryl methyl sites for hydroxylation is 1. The maximum atomic E-state index is 5.87. The molecule has 0 spiro atoms. The number of ether oxygens (including phenoxy) is 2. The number of methoxy groups -OCH3 is 1. The van der Waals surface area contributed by atoms with Gasteiger partial charge in [0.05, 0.1) is 17.8 Å². The van der Waals surface area contributed by atoms with Gasteiger partial charge < -0.3 is 14.8 Å². The normalized spacial score (nSPS) is 10.7. The van der Waals surface area contributed by atoms with Gasteiger partial charge in [0.25, 0.3) is 0 Å². The predicted molar refractivity (Wildman–Crippen MR) is 85.6 cm³/mol. The van der Waals surface area contributed by atoms with Gasteiger partial charge in [0.15, 0.2) is 11.5 Å². The highest BCUT2D eigenvalue weighted by Crippen LogP contribution is 2.37. The molecule has 1 aromatic heterocycles. The lowest BCUT2D eigenvalue weighted by molar-refractivity contribution is 0.282. The van der Waals surface area contributed by atoms with Crippen molar-refractivity contribution in [1.82, 2.24) is 15.1 Å². The lowest BCUT2D eigenvalue weighted by Crippen LogP contribution is -2.12. The van der Waals surface area contributed by atoms with Gasteiger partial charge in [-0.3, -0.25) is 4.68 Å². The van der Waals surface area contributed by atoms with Crippen molar-refractivity contribution in [3.8, 4) is 11.5 Å². The maximum Gasteiger partial charge on any atom is 0.175 e. The van der Waals surface area contributed by atoms with Gasteiger partial charge in [-0.25, -0.2) is 0 Å². The molecule has 0 amide bonds. The third kappa shape index (κ3) is 4.22. The molecule has 0 aliphatic heterocycles. The minimum Gasteiger partial charge on any atom is -0.493 e. The van der Waals surface area contributed by atoms with E-state index in [4.69, 9.17) is 9.47 Å². The van der Waals surface area contributed by atoms with E-state index >= 15 is 0 Å². The Morgan fingerprint density at radius 3 is 2.76 bits per heavy atom. The van der Waals surface area contributed by atoms with Crippen LogP contribution in [0.3, 0.4) is 0 Å². The lowest BCUT2D eigenvalue weighted by atomic mass is 10.2. The Bertz CT molecular complexity index is 599. The Balaban J connectivity index is 2.14.